The van der Waals surface area contributed by atoms with Gasteiger partial charge in [0.2, 0.25) is 0 Å². The number of carbonyl (C=O) groups is 1. The van der Waals surface area contributed by atoms with Crippen molar-refractivity contribution in [1.29, 1.82) is 0 Å². The Kier molecular flexibility index (Phi) is 3.58. The van der Waals surface area contributed by atoms with Crippen LogP contribution in [-0.2, 0) is 10.2 Å². The highest BCUT2D eigenvalue weighted by atomic mass is 16.4. The SMILES string of the molecule is CCCC(C)(C(=O)O)c1cc(C)ccc1N. The van der Waals surface area contributed by atoms with Crippen LogP contribution >= 0.6 is 0 Å². The maximum Gasteiger partial charge on any atom is 0.313 e. The summed E-state index contributed by atoms with van der Waals surface area (Å²) in [6, 6.07) is 5.55. The van der Waals surface area contributed by atoms with Gasteiger partial charge < -0.3 is 10.8 Å². The van der Waals surface area contributed by atoms with Crippen molar-refractivity contribution in [3.05, 3.63) is 29.3 Å². The summed E-state index contributed by atoms with van der Waals surface area (Å²) in [5, 5.41) is 9.38. The second-order valence-corrected chi connectivity index (χ2v) is 4.48. The number of hydrogen-bond acceptors (Lipinski definition) is 2. The highest BCUT2D eigenvalue weighted by Gasteiger charge is 2.35. The lowest BCUT2D eigenvalue weighted by molar-refractivity contribution is -0.143. The molecule has 3 heteroatoms. The van der Waals surface area contributed by atoms with Crippen LogP contribution in [0.3, 0.4) is 0 Å². The molecular weight excluding hydrogens is 202 g/mol. The van der Waals surface area contributed by atoms with Crippen molar-refractivity contribution >= 4 is 11.7 Å². The normalized spacial score (nSPS) is 14.4. The third-order valence-electron chi connectivity index (χ3n) is 3.03. The minimum absolute atomic E-state index is 0.559. The fourth-order valence-electron chi connectivity index (χ4n) is 2.00. The summed E-state index contributed by atoms with van der Waals surface area (Å²) in [6.45, 7) is 5.66. The molecule has 0 saturated heterocycles. The number of aryl methyl sites for hydroxylation is 1. The summed E-state index contributed by atoms with van der Waals surface area (Å²) < 4.78 is 0. The Hall–Kier alpha value is -1.51. The summed E-state index contributed by atoms with van der Waals surface area (Å²) in [4.78, 5) is 11.4. The summed E-state index contributed by atoms with van der Waals surface area (Å²) in [7, 11) is 0. The van der Waals surface area contributed by atoms with Crippen LogP contribution in [0.5, 0.6) is 0 Å². The number of nitrogen functional groups attached to an aromatic ring is 1. The number of benzene rings is 1. The zero-order chi connectivity index (χ0) is 12.3. The molecule has 88 valence electrons. The van der Waals surface area contributed by atoms with Crippen molar-refractivity contribution < 1.29 is 9.90 Å². The fourth-order valence-corrected chi connectivity index (χ4v) is 2.00. The largest absolute Gasteiger partial charge is 0.481 e. The standard InChI is InChI=1S/C13H19NO2/c1-4-7-13(3,12(15)16)10-8-9(2)5-6-11(10)14/h5-6,8H,4,7,14H2,1-3H3,(H,15,16). The van der Waals surface area contributed by atoms with Gasteiger partial charge in [-0.3, -0.25) is 4.79 Å². The van der Waals surface area contributed by atoms with Crippen LogP contribution < -0.4 is 5.73 Å². The molecule has 3 nitrogen and oxygen atoms in total. The van der Waals surface area contributed by atoms with Gasteiger partial charge >= 0.3 is 5.97 Å². The Bertz CT molecular complexity index is 401. The van der Waals surface area contributed by atoms with Crippen molar-refractivity contribution in [1.82, 2.24) is 0 Å². The van der Waals surface area contributed by atoms with E-state index in [9.17, 15) is 9.90 Å². The van der Waals surface area contributed by atoms with Crippen LogP contribution in [0.2, 0.25) is 0 Å². The number of rotatable bonds is 4. The van der Waals surface area contributed by atoms with E-state index in [1.165, 1.54) is 0 Å². The smallest absolute Gasteiger partial charge is 0.313 e. The first kappa shape index (κ1) is 12.6. The molecule has 16 heavy (non-hydrogen) atoms. The van der Waals surface area contributed by atoms with Crippen molar-refractivity contribution in [2.45, 2.75) is 39.0 Å². The van der Waals surface area contributed by atoms with Crippen LogP contribution in [0.4, 0.5) is 5.69 Å². The highest BCUT2D eigenvalue weighted by molar-refractivity contribution is 5.83. The van der Waals surface area contributed by atoms with E-state index in [1.54, 1.807) is 13.0 Å². The van der Waals surface area contributed by atoms with Gasteiger partial charge in [0.25, 0.3) is 0 Å². The molecule has 1 aromatic carbocycles. The number of aliphatic carboxylic acids is 1. The number of carboxylic acid groups (broad SMARTS) is 1. The first-order chi connectivity index (χ1) is 7.41. The minimum atomic E-state index is -0.884. The molecule has 1 unspecified atom stereocenters. The molecule has 0 aliphatic carbocycles. The Balaban J connectivity index is 3.31. The van der Waals surface area contributed by atoms with Gasteiger partial charge in [-0.2, -0.15) is 0 Å². The predicted molar refractivity (Wildman–Crippen MR) is 65.5 cm³/mol. The molecule has 0 bridgehead atoms. The first-order valence-electron chi connectivity index (χ1n) is 5.52. The topological polar surface area (TPSA) is 63.3 Å². The van der Waals surface area contributed by atoms with E-state index in [4.69, 9.17) is 5.73 Å². The maximum atomic E-state index is 11.4. The van der Waals surface area contributed by atoms with Gasteiger partial charge in [0.1, 0.15) is 0 Å². The first-order valence-corrected chi connectivity index (χ1v) is 5.52. The molecule has 1 rings (SSSR count). The zero-order valence-corrected chi connectivity index (χ0v) is 10.1. The van der Waals surface area contributed by atoms with Crippen molar-refractivity contribution in [3.8, 4) is 0 Å². The molecule has 0 fully saturated rings. The van der Waals surface area contributed by atoms with Gasteiger partial charge in [0.15, 0.2) is 0 Å². The minimum Gasteiger partial charge on any atom is -0.481 e. The monoisotopic (exact) mass is 221 g/mol. The molecule has 1 atom stereocenters. The molecule has 0 aliphatic rings. The molecule has 0 saturated carbocycles. The summed E-state index contributed by atoms with van der Waals surface area (Å²) in [5.41, 5.74) is 7.31. The molecule has 0 amide bonds. The third-order valence-corrected chi connectivity index (χ3v) is 3.03. The van der Waals surface area contributed by atoms with Crippen LogP contribution in [-0.4, -0.2) is 11.1 Å². The van der Waals surface area contributed by atoms with Crippen molar-refractivity contribution in [2.75, 3.05) is 5.73 Å². The third kappa shape index (κ3) is 2.18. The molecule has 0 aliphatic heterocycles. The Morgan fingerprint density at radius 1 is 1.50 bits per heavy atom. The second-order valence-electron chi connectivity index (χ2n) is 4.48. The molecule has 3 N–H and O–H groups in total. The van der Waals surface area contributed by atoms with Gasteiger partial charge in [-0.1, -0.05) is 31.0 Å². The Morgan fingerprint density at radius 3 is 2.62 bits per heavy atom. The molecule has 0 spiro atoms. The average molecular weight is 221 g/mol. The molecular formula is C13H19NO2. The summed E-state index contributed by atoms with van der Waals surface area (Å²) in [5.74, 6) is -0.813. The van der Waals surface area contributed by atoms with Gasteiger partial charge in [0.05, 0.1) is 5.41 Å². The lowest BCUT2D eigenvalue weighted by atomic mass is 9.77. The van der Waals surface area contributed by atoms with Crippen LogP contribution in [0.15, 0.2) is 18.2 Å². The maximum absolute atomic E-state index is 11.4. The quantitative estimate of drug-likeness (QED) is 0.768. The van der Waals surface area contributed by atoms with Crippen LogP contribution in [0.1, 0.15) is 37.8 Å². The van der Waals surface area contributed by atoms with Crippen LogP contribution in [0.25, 0.3) is 0 Å². The van der Waals surface area contributed by atoms with Crippen molar-refractivity contribution in [2.24, 2.45) is 0 Å². The lowest BCUT2D eigenvalue weighted by Crippen LogP contribution is -2.33. The summed E-state index contributed by atoms with van der Waals surface area (Å²) in [6.07, 6.45) is 1.41. The number of carboxylic acids is 1. The predicted octanol–water partition coefficient (Wildman–Crippen LogP) is 2.72. The van der Waals surface area contributed by atoms with E-state index in [1.807, 2.05) is 26.0 Å². The zero-order valence-electron chi connectivity index (χ0n) is 10.1. The average Bonchev–Trinajstić information content (AvgIpc) is 2.21. The number of nitrogens with two attached hydrogens (primary N) is 1. The number of anilines is 1. The summed E-state index contributed by atoms with van der Waals surface area (Å²) >= 11 is 0. The van der Waals surface area contributed by atoms with Gasteiger partial charge in [-0.05, 0) is 31.9 Å². The van der Waals surface area contributed by atoms with E-state index in [-0.39, 0.29) is 0 Å². The van der Waals surface area contributed by atoms with Gasteiger partial charge in [0, 0.05) is 5.69 Å². The lowest BCUT2D eigenvalue weighted by Gasteiger charge is -2.26. The van der Waals surface area contributed by atoms with E-state index < -0.39 is 11.4 Å². The van der Waals surface area contributed by atoms with E-state index in [2.05, 4.69) is 0 Å². The van der Waals surface area contributed by atoms with Crippen molar-refractivity contribution in [3.63, 3.8) is 0 Å². The highest BCUT2D eigenvalue weighted by Crippen LogP contribution is 2.33. The molecule has 0 aromatic heterocycles. The molecule has 0 radical (unpaired) electrons. The Labute approximate surface area is 96.3 Å². The number of hydrogen-bond donors (Lipinski definition) is 2. The van der Waals surface area contributed by atoms with E-state index >= 15 is 0 Å². The van der Waals surface area contributed by atoms with Gasteiger partial charge in [-0.25, -0.2) is 0 Å². The van der Waals surface area contributed by atoms with E-state index in [0.29, 0.717) is 12.1 Å². The van der Waals surface area contributed by atoms with Crippen LogP contribution in [0, 0.1) is 6.92 Å². The molecule has 1 aromatic rings. The Morgan fingerprint density at radius 2 is 2.12 bits per heavy atom. The van der Waals surface area contributed by atoms with Gasteiger partial charge in [-0.15, -0.1) is 0 Å². The molecule has 0 heterocycles. The second kappa shape index (κ2) is 4.56. The van der Waals surface area contributed by atoms with E-state index in [0.717, 1.165) is 17.5 Å². The fraction of sp³-hybridized carbons (Fsp3) is 0.462.